The minimum atomic E-state index is -2.93. The molecule has 1 aromatic carbocycles. The lowest BCUT2D eigenvalue weighted by Crippen LogP contribution is -2.34. The molecule has 3 rings (SSSR count). The molecule has 5 nitrogen and oxygen atoms in total. The van der Waals surface area contributed by atoms with Gasteiger partial charge in [-0.3, -0.25) is 16.3 Å². The molecule has 1 fully saturated rings. The lowest BCUT2D eigenvalue weighted by atomic mass is 9.91. The minimum Gasteiger partial charge on any atom is -0.271 e. The van der Waals surface area contributed by atoms with Crippen molar-refractivity contribution < 1.29 is 8.42 Å². The first-order valence-electron chi connectivity index (χ1n) is 6.60. The zero-order valence-electron chi connectivity index (χ0n) is 11.0. The van der Waals surface area contributed by atoms with Crippen molar-refractivity contribution in [3.05, 3.63) is 42.2 Å². The molecule has 3 N–H and O–H groups in total. The fourth-order valence-corrected chi connectivity index (χ4v) is 4.79. The summed E-state index contributed by atoms with van der Waals surface area (Å²) in [7, 11) is -2.93. The number of nitrogens with one attached hydrogen (secondary N) is 1. The molecule has 2 aromatic rings. The molecule has 0 radical (unpaired) electrons. The lowest BCUT2D eigenvalue weighted by Gasteiger charge is -2.23. The van der Waals surface area contributed by atoms with Gasteiger partial charge in [-0.2, -0.15) is 0 Å². The molecule has 2 unspecified atom stereocenters. The van der Waals surface area contributed by atoms with Crippen LogP contribution in [0.5, 0.6) is 0 Å². The maximum Gasteiger partial charge on any atom is 0.150 e. The number of fused-ring (bicyclic) bond motifs is 1. The molecule has 0 bridgehead atoms. The van der Waals surface area contributed by atoms with Gasteiger partial charge in [0.15, 0.2) is 9.84 Å². The van der Waals surface area contributed by atoms with Crippen LogP contribution < -0.4 is 11.3 Å². The van der Waals surface area contributed by atoms with Crippen molar-refractivity contribution in [2.45, 2.75) is 12.5 Å². The number of pyridine rings is 1. The van der Waals surface area contributed by atoms with Crippen LogP contribution >= 0.6 is 0 Å². The minimum absolute atomic E-state index is 0.00222. The first-order chi connectivity index (χ1) is 9.61. The number of hydrogen-bond donors (Lipinski definition) is 2. The monoisotopic (exact) mass is 291 g/mol. The second-order valence-electron chi connectivity index (χ2n) is 5.26. The summed E-state index contributed by atoms with van der Waals surface area (Å²) in [4.78, 5) is 4.24. The average Bonchev–Trinajstić information content (AvgIpc) is 2.80. The van der Waals surface area contributed by atoms with Gasteiger partial charge in [-0.1, -0.05) is 24.3 Å². The molecule has 106 valence electrons. The van der Waals surface area contributed by atoms with Crippen molar-refractivity contribution in [3.63, 3.8) is 0 Å². The molecule has 1 aromatic heterocycles. The van der Waals surface area contributed by atoms with E-state index in [0.29, 0.717) is 6.42 Å². The lowest BCUT2D eigenvalue weighted by molar-refractivity contribution is 0.401. The maximum absolute atomic E-state index is 11.7. The third kappa shape index (κ3) is 2.42. The average molecular weight is 291 g/mol. The van der Waals surface area contributed by atoms with E-state index in [0.717, 1.165) is 16.3 Å². The summed E-state index contributed by atoms with van der Waals surface area (Å²) >= 11 is 0. The van der Waals surface area contributed by atoms with E-state index in [4.69, 9.17) is 5.84 Å². The summed E-state index contributed by atoms with van der Waals surface area (Å²) in [6, 6.07) is 7.74. The molecular weight excluding hydrogens is 274 g/mol. The van der Waals surface area contributed by atoms with E-state index >= 15 is 0 Å². The van der Waals surface area contributed by atoms with Gasteiger partial charge in [0.25, 0.3) is 0 Å². The highest BCUT2D eigenvalue weighted by molar-refractivity contribution is 7.91. The van der Waals surface area contributed by atoms with E-state index in [1.807, 2.05) is 24.3 Å². The fourth-order valence-electron chi connectivity index (χ4n) is 2.95. The molecule has 20 heavy (non-hydrogen) atoms. The van der Waals surface area contributed by atoms with Crippen LogP contribution in [0, 0.1) is 5.92 Å². The van der Waals surface area contributed by atoms with E-state index < -0.39 is 9.84 Å². The van der Waals surface area contributed by atoms with E-state index in [2.05, 4.69) is 10.4 Å². The number of hydrazine groups is 1. The maximum atomic E-state index is 11.7. The van der Waals surface area contributed by atoms with Crippen molar-refractivity contribution in [1.29, 1.82) is 0 Å². The number of sulfone groups is 1. The normalized spacial score (nSPS) is 22.9. The number of aromatic nitrogens is 1. The van der Waals surface area contributed by atoms with Gasteiger partial charge in [-0.05, 0) is 23.3 Å². The molecule has 0 aliphatic carbocycles. The molecule has 0 saturated carbocycles. The molecule has 2 heterocycles. The van der Waals surface area contributed by atoms with Crippen LogP contribution in [-0.2, 0) is 9.84 Å². The highest BCUT2D eigenvalue weighted by Gasteiger charge is 2.34. The van der Waals surface area contributed by atoms with Gasteiger partial charge >= 0.3 is 0 Å². The third-order valence-corrected chi connectivity index (χ3v) is 5.75. The van der Waals surface area contributed by atoms with Crippen LogP contribution in [0.15, 0.2) is 36.7 Å². The topological polar surface area (TPSA) is 85.1 Å². The Hall–Kier alpha value is -1.50. The summed E-state index contributed by atoms with van der Waals surface area (Å²) in [5.41, 5.74) is 3.75. The van der Waals surface area contributed by atoms with Crippen molar-refractivity contribution >= 4 is 20.6 Å². The van der Waals surface area contributed by atoms with E-state index in [1.165, 1.54) is 0 Å². The van der Waals surface area contributed by atoms with Gasteiger partial charge in [0.2, 0.25) is 0 Å². The third-order valence-electron chi connectivity index (χ3n) is 3.95. The van der Waals surface area contributed by atoms with Gasteiger partial charge in [0.05, 0.1) is 17.5 Å². The molecule has 0 spiro atoms. The number of nitrogens with two attached hydrogens (primary N) is 1. The zero-order valence-corrected chi connectivity index (χ0v) is 11.8. The van der Waals surface area contributed by atoms with Crippen molar-refractivity contribution in [2.24, 2.45) is 11.8 Å². The molecular formula is C14H17N3O2S. The Morgan fingerprint density at radius 3 is 2.80 bits per heavy atom. The summed E-state index contributed by atoms with van der Waals surface area (Å²) in [5.74, 6) is 6.12. The van der Waals surface area contributed by atoms with Gasteiger partial charge in [-0.25, -0.2) is 8.42 Å². The van der Waals surface area contributed by atoms with Crippen LogP contribution in [0.4, 0.5) is 0 Å². The first-order valence-corrected chi connectivity index (χ1v) is 8.42. The van der Waals surface area contributed by atoms with Gasteiger partial charge in [-0.15, -0.1) is 0 Å². The highest BCUT2D eigenvalue weighted by atomic mass is 32.2. The van der Waals surface area contributed by atoms with E-state index in [9.17, 15) is 8.42 Å². The molecule has 6 heteroatoms. The van der Waals surface area contributed by atoms with E-state index in [-0.39, 0.29) is 23.5 Å². The Morgan fingerprint density at radius 1 is 1.30 bits per heavy atom. The second-order valence-corrected chi connectivity index (χ2v) is 7.49. The standard InChI is InChI=1S/C14H17N3O2S/c15-17-14(11-5-6-20(18,19)9-11)13-8-16-7-10-3-1-2-4-12(10)13/h1-4,7-8,11,14,17H,5-6,9,15H2. The van der Waals surface area contributed by atoms with Crippen LogP contribution in [-0.4, -0.2) is 24.9 Å². The van der Waals surface area contributed by atoms with Gasteiger partial charge < -0.3 is 0 Å². The molecule has 1 aliphatic rings. The SMILES string of the molecule is NNC(c1cncc2ccccc12)C1CCS(=O)(=O)C1. The molecule has 2 atom stereocenters. The second kappa shape index (κ2) is 5.12. The summed E-state index contributed by atoms with van der Waals surface area (Å²) in [5, 5.41) is 2.10. The van der Waals surface area contributed by atoms with Crippen molar-refractivity contribution in [1.82, 2.24) is 10.4 Å². The molecule has 1 aliphatic heterocycles. The fraction of sp³-hybridized carbons (Fsp3) is 0.357. The van der Waals surface area contributed by atoms with Gasteiger partial charge in [0.1, 0.15) is 0 Å². The van der Waals surface area contributed by atoms with Crippen LogP contribution in [0.2, 0.25) is 0 Å². The van der Waals surface area contributed by atoms with E-state index in [1.54, 1.807) is 12.4 Å². The Balaban J connectivity index is 2.04. The number of hydrogen-bond acceptors (Lipinski definition) is 5. The van der Waals surface area contributed by atoms with Crippen LogP contribution in [0.25, 0.3) is 10.8 Å². The first kappa shape index (κ1) is 13.5. The smallest absolute Gasteiger partial charge is 0.150 e. The summed E-state index contributed by atoms with van der Waals surface area (Å²) in [6.07, 6.45) is 4.22. The number of benzene rings is 1. The predicted octanol–water partition coefficient (Wildman–Crippen LogP) is 1.17. The highest BCUT2D eigenvalue weighted by Crippen LogP contribution is 2.33. The summed E-state index contributed by atoms with van der Waals surface area (Å²) in [6.45, 7) is 0. The Kier molecular flexibility index (Phi) is 3.45. The Morgan fingerprint density at radius 2 is 2.10 bits per heavy atom. The Bertz CT molecular complexity index is 725. The van der Waals surface area contributed by atoms with Crippen molar-refractivity contribution in [3.8, 4) is 0 Å². The zero-order chi connectivity index (χ0) is 14.2. The van der Waals surface area contributed by atoms with Crippen LogP contribution in [0.1, 0.15) is 18.0 Å². The van der Waals surface area contributed by atoms with Gasteiger partial charge in [0, 0.05) is 17.8 Å². The predicted molar refractivity (Wildman–Crippen MR) is 78.6 cm³/mol. The molecule has 0 amide bonds. The number of rotatable bonds is 3. The summed E-state index contributed by atoms with van der Waals surface area (Å²) < 4.78 is 23.3. The largest absolute Gasteiger partial charge is 0.271 e. The number of nitrogens with zero attached hydrogens (tertiary/aromatic N) is 1. The Labute approximate surface area is 118 Å². The van der Waals surface area contributed by atoms with Crippen LogP contribution in [0.3, 0.4) is 0 Å². The quantitative estimate of drug-likeness (QED) is 0.655. The van der Waals surface area contributed by atoms with Crippen molar-refractivity contribution in [2.75, 3.05) is 11.5 Å². The molecule has 1 saturated heterocycles.